The molecular formula is C8H17N5. The first-order valence-electron chi connectivity index (χ1n) is 4.66. The molecule has 0 saturated carbocycles. The van der Waals surface area contributed by atoms with E-state index in [1.165, 1.54) is 0 Å². The van der Waals surface area contributed by atoms with Crippen molar-refractivity contribution in [1.82, 2.24) is 25.5 Å². The summed E-state index contributed by atoms with van der Waals surface area (Å²) in [7, 11) is 3.83. The van der Waals surface area contributed by atoms with Gasteiger partial charge in [0.1, 0.15) is 0 Å². The minimum absolute atomic E-state index is 0.426. The highest BCUT2D eigenvalue weighted by molar-refractivity contribution is 4.93. The van der Waals surface area contributed by atoms with Crippen molar-refractivity contribution in [1.29, 1.82) is 0 Å². The second-order valence-electron chi connectivity index (χ2n) is 3.20. The zero-order chi connectivity index (χ0) is 9.68. The summed E-state index contributed by atoms with van der Waals surface area (Å²) in [6.45, 7) is 3.11. The van der Waals surface area contributed by atoms with Gasteiger partial charge in [-0.25, -0.2) is 4.68 Å². The molecule has 1 rings (SSSR count). The topological polar surface area (TPSA) is 55.6 Å². The standard InChI is InChI=1S/C8H17N5/c1-4-5-7(6-9-2)8-10-11-12-13(8)3/h7,9H,4-6H2,1-3H3. The van der Waals surface area contributed by atoms with Gasteiger partial charge >= 0.3 is 0 Å². The number of rotatable bonds is 5. The molecule has 1 aromatic heterocycles. The summed E-state index contributed by atoms with van der Waals surface area (Å²) in [5.41, 5.74) is 0. The molecule has 0 bridgehead atoms. The van der Waals surface area contributed by atoms with Crippen molar-refractivity contribution < 1.29 is 0 Å². The zero-order valence-electron chi connectivity index (χ0n) is 8.49. The van der Waals surface area contributed by atoms with Crippen LogP contribution in [0.15, 0.2) is 0 Å². The molecule has 1 aromatic rings. The number of aryl methyl sites for hydroxylation is 1. The molecule has 1 heterocycles. The molecule has 0 radical (unpaired) electrons. The van der Waals surface area contributed by atoms with Gasteiger partial charge in [-0.15, -0.1) is 5.10 Å². The largest absolute Gasteiger partial charge is 0.319 e. The molecule has 1 N–H and O–H groups in total. The lowest BCUT2D eigenvalue weighted by Crippen LogP contribution is -2.20. The summed E-state index contributed by atoms with van der Waals surface area (Å²) >= 11 is 0. The molecular weight excluding hydrogens is 166 g/mol. The highest BCUT2D eigenvalue weighted by Gasteiger charge is 2.15. The molecule has 0 amide bonds. The molecule has 1 atom stereocenters. The van der Waals surface area contributed by atoms with Crippen LogP contribution in [0.1, 0.15) is 31.5 Å². The van der Waals surface area contributed by atoms with Crippen molar-refractivity contribution in [3.63, 3.8) is 0 Å². The molecule has 0 aliphatic heterocycles. The minimum Gasteiger partial charge on any atom is -0.319 e. The normalized spacial score (nSPS) is 13.2. The lowest BCUT2D eigenvalue weighted by molar-refractivity contribution is 0.521. The van der Waals surface area contributed by atoms with E-state index >= 15 is 0 Å². The van der Waals surface area contributed by atoms with Crippen molar-refractivity contribution >= 4 is 0 Å². The summed E-state index contributed by atoms with van der Waals surface area (Å²) in [5, 5.41) is 14.6. The fourth-order valence-corrected chi connectivity index (χ4v) is 1.50. The van der Waals surface area contributed by atoms with Crippen LogP contribution in [0.5, 0.6) is 0 Å². The van der Waals surface area contributed by atoms with E-state index in [9.17, 15) is 0 Å². The Balaban J connectivity index is 2.69. The Labute approximate surface area is 78.5 Å². The van der Waals surface area contributed by atoms with E-state index in [-0.39, 0.29) is 0 Å². The molecule has 0 fully saturated rings. The van der Waals surface area contributed by atoms with E-state index in [4.69, 9.17) is 0 Å². The maximum atomic E-state index is 4.02. The van der Waals surface area contributed by atoms with Gasteiger partial charge in [0.05, 0.1) is 0 Å². The van der Waals surface area contributed by atoms with Crippen LogP contribution in [0.4, 0.5) is 0 Å². The van der Waals surface area contributed by atoms with E-state index in [1.807, 2.05) is 14.1 Å². The number of tetrazole rings is 1. The monoisotopic (exact) mass is 183 g/mol. The molecule has 13 heavy (non-hydrogen) atoms. The van der Waals surface area contributed by atoms with Crippen LogP contribution < -0.4 is 5.32 Å². The second-order valence-corrected chi connectivity index (χ2v) is 3.20. The summed E-state index contributed by atoms with van der Waals surface area (Å²) in [6, 6.07) is 0. The first-order valence-corrected chi connectivity index (χ1v) is 4.66. The van der Waals surface area contributed by atoms with Gasteiger partial charge in [-0.05, 0) is 23.9 Å². The highest BCUT2D eigenvalue weighted by Crippen LogP contribution is 2.16. The van der Waals surface area contributed by atoms with E-state index in [0.717, 1.165) is 25.2 Å². The lowest BCUT2D eigenvalue weighted by atomic mass is 10.0. The van der Waals surface area contributed by atoms with Crippen molar-refractivity contribution in [2.75, 3.05) is 13.6 Å². The van der Waals surface area contributed by atoms with Crippen LogP contribution in [0.2, 0.25) is 0 Å². The van der Waals surface area contributed by atoms with Gasteiger partial charge in [0.15, 0.2) is 5.82 Å². The quantitative estimate of drug-likeness (QED) is 0.714. The van der Waals surface area contributed by atoms with Crippen LogP contribution in [0.3, 0.4) is 0 Å². The van der Waals surface area contributed by atoms with Crippen LogP contribution in [0.25, 0.3) is 0 Å². The number of nitrogens with one attached hydrogen (secondary N) is 1. The molecule has 0 aliphatic carbocycles. The van der Waals surface area contributed by atoms with E-state index in [0.29, 0.717) is 5.92 Å². The first kappa shape index (κ1) is 10.1. The van der Waals surface area contributed by atoms with Crippen molar-refractivity contribution in [3.05, 3.63) is 5.82 Å². The predicted octanol–water partition coefficient (Wildman–Crippen LogP) is 0.313. The van der Waals surface area contributed by atoms with Crippen LogP contribution in [-0.4, -0.2) is 33.8 Å². The molecule has 5 nitrogen and oxygen atoms in total. The third kappa shape index (κ3) is 2.48. The number of aromatic nitrogens is 4. The first-order chi connectivity index (χ1) is 6.29. The van der Waals surface area contributed by atoms with E-state index in [2.05, 4.69) is 27.8 Å². The number of likely N-dealkylation sites (N-methyl/N-ethyl adjacent to an activating group) is 1. The van der Waals surface area contributed by atoms with Gasteiger partial charge < -0.3 is 5.32 Å². The third-order valence-electron chi connectivity index (χ3n) is 2.11. The molecule has 0 aliphatic rings. The van der Waals surface area contributed by atoms with Crippen molar-refractivity contribution in [2.45, 2.75) is 25.7 Å². The van der Waals surface area contributed by atoms with Crippen molar-refractivity contribution in [3.8, 4) is 0 Å². The summed E-state index contributed by atoms with van der Waals surface area (Å²) in [4.78, 5) is 0. The summed E-state index contributed by atoms with van der Waals surface area (Å²) in [6.07, 6.45) is 2.27. The molecule has 0 aromatic carbocycles. The molecule has 0 spiro atoms. The average molecular weight is 183 g/mol. The smallest absolute Gasteiger partial charge is 0.155 e. The lowest BCUT2D eigenvalue weighted by Gasteiger charge is -2.12. The fourth-order valence-electron chi connectivity index (χ4n) is 1.50. The Bertz CT molecular complexity index is 238. The molecule has 74 valence electrons. The van der Waals surface area contributed by atoms with Gasteiger partial charge in [-0.3, -0.25) is 0 Å². The van der Waals surface area contributed by atoms with Gasteiger partial charge in [0.25, 0.3) is 0 Å². The molecule has 1 unspecified atom stereocenters. The van der Waals surface area contributed by atoms with E-state index in [1.54, 1.807) is 4.68 Å². The summed E-state index contributed by atoms with van der Waals surface area (Å²) < 4.78 is 1.75. The molecule has 5 heteroatoms. The van der Waals surface area contributed by atoms with Crippen LogP contribution in [0, 0.1) is 0 Å². The Hall–Kier alpha value is -0.970. The second kappa shape index (κ2) is 4.91. The van der Waals surface area contributed by atoms with Gasteiger partial charge in [0.2, 0.25) is 0 Å². The van der Waals surface area contributed by atoms with Gasteiger partial charge in [0, 0.05) is 19.5 Å². The highest BCUT2D eigenvalue weighted by atomic mass is 15.5. The Morgan fingerprint density at radius 2 is 2.31 bits per heavy atom. The number of hydrogen-bond donors (Lipinski definition) is 1. The van der Waals surface area contributed by atoms with Gasteiger partial charge in [-0.1, -0.05) is 13.3 Å². The predicted molar refractivity (Wildman–Crippen MR) is 50.4 cm³/mol. The SMILES string of the molecule is CCCC(CNC)c1nnnn1C. The van der Waals surface area contributed by atoms with Crippen LogP contribution in [-0.2, 0) is 7.05 Å². The Morgan fingerprint density at radius 3 is 2.77 bits per heavy atom. The summed E-state index contributed by atoms with van der Waals surface area (Å²) in [5.74, 6) is 1.39. The van der Waals surface area contributed by atoms with Crippen molar-refractivity contribution in [2.24, 2.45) is 7.05 Å². The van der Waals surface area contributed by atoms with E-state index < -0.39 is 0 Å². The van der Waals surface area contributed by atoms with Crippen LogP contribution >= 0.6 is 0 Å². The number of hydrogen-bond acceptors (Lipinski definition) is 4. The number of nitrogens with zero attached hydrogens (tertiary/aromatic N) is 4. The zero-order valence-corrected chi connectivity index (χ0v) is 8.49. The average Bonchev–Trinajstić information content (AvgIpc) is 2.51. The fraction of sp³-hybridized carbons (Fsp3) is 0.875. The Morgan fingerprint density at radius 1 is 1.54 bits per heavy atom. The maximum Gasteiger partial charge on any atom is 0.155 e. The maximum absolute atomic E-state index is 4.02. The third-order valence-corrected chi connectivity index (χ3v) is 2.11. The molecule has 0 saturated heterocycles. The Kier molecular flexibility index (Phi) is 3.82. The minimum atomic E-state index is 0.426. The van der Waals surface area contributed by atoms with Gasteiger partial charge in [-0.2, -0.15) is 0 Å².